The summed E-state index contributed by atoms with van der Waals surface area (Å²) >= 11 is 3.86. The Hall–Kier alpha value is -1.58. The number of thioether (sulfide) groups is 2. The van der Waals surface area contributed by atoms with Gasteiger partial charge in [-0.05, 0) is 28.7 Å². The zero-order chi connectivity index (χ0) is 19.6. The van der Waals surface area contributed by atoms with Gasteiger partial charge >= 0.3 is 0 Å². The first-order valence-corrected chi connectivity index (χ1v) is 12.7. The molecule has 1 saturated heterocycles. The normalized spacial score (nSPS) is 19.7. The van der Waals surface area contributed by atoms with Gasteiger partial charge in [-0.25, -0.2) is 4.68 Å². The van der Waals surface area contributed by atoms with Gasteiger partial charge in [-0.15, -0.1) is 5.10 Å². The van der Waals surface area contributed by atoms with Gasteiger partial charge in [-0.2, -0.15) is 33.7 Å². The molecule has 154 valence electrons. The quantitative estimate of drug-likeness (QED) is 0.722. The number of anilines is 1. The average Bonchev–Trinajstić information content (AvgIpc) is 2.78. The van der Waals surface area contributed by atoms with Crippen molar-refractivity contribution in [3.63, 3.8) is 0 Å². The van der Waals surface area contributed by atoms with Crippen molar-refractivity contribution < 1.29 is 0 Å². The highest BCUT2D eigenvalue weighted by molar-refractivity contribution is 7.98. The predicted molar refractivity (Wildman–Crippen MR) is 119 cm³/mol. The highest BCUT2D eigenvalue weighted by Gasteiger charge is 2.21. The Morgan fingerprint density at radius 2 is 1.59 bits per heavy atom. The number of nitrogens with zero attached hydrogens (tertiary/aromatic N) is 6. The topological polar surface area (TPSA) is 67.2 Å². The molecule has 0 N–H and O–H groups in total. The number of rotatable bonds is 4. The molecule has 0 atom stereocenters. The molecule has 2 aromatic rings. The summed E-state index contributed by atoms with van der Waals surface area (Å²) in [5, 5.41) is 13.6. The van der Waals surface area contributed by atoms with Crippen LogP contribution in [0.3, 0.4) is 0 Å². The van der Waals surface area contributed by atoms with Crippen molar-refractivity contribution in [3.05, 3.63) is 45.0 Å². The van der Waals surface area contributed by atoms with Crippen LogP contribution in [0.1, 0.15) is 22.5 Å². The molecule has 2 aromatic heterocycles. The molecular weight excluding hydrogens is 404 g/mol. The maximum Gasteiger partial charge on any atom is 0.267 e. The first kappa shape index (κ1) is 19.4. The minimum absolute atomic E-state index is 0.0343. The fourth-order valence-electron chi connectivity index (χ4n) is 4.13. The highest BCUT2D eigenvalue weighted by atomic mass is 32.2. The standard InChI is InChI=1S/C20H26N6OS2/c27-20-12-16-14-29-10-2-18(16)23-26(20)8-5-24-3-6-25(7-4-24)19-11-15-13-28-9-1-17(15)21-22-19/h11-12H,1-10,13-14H2. The van der Waals surface area contributed by atoms with Crippen molar-refractivity contribution in [1.82, 2.24) is 24.9 Å². The SMILES string of the molecule is O=c1cc2c(nn1CCN1CCN(c3cc4c(nn3)CCSC4)CC1)CCSC2. The van der Waals surface area contributed by atoms with Crippen LogP contribution >= 0.6 is 23.5 Å². The van der Waals surface area contributed by atoms with Gasteiger partial charge < -0.3 is 4.90 Å². The van der Waals surface area contributed by atoms with Crippen molar-refractivity contribution in [2.24, 2.45) is 0 Å². The van der Waals surface area contributed by atoms with Crippen LogP contribution in [0.15, 0.2) is 16.9 Å². The molecular formula is C20H26N6OS2. The van der Waals surface area contributed by atoms with Crippen LogP contribution in [0.25, 0.3) is 0 Å². The van der Waals surface area contributed by atoms with E-state index in [9.17, 15) is 4.79 Å². The van der Waals surface area contributed by atoms with Gasteiger partial charge in [-0.1, -0.05) is 0 Å². The lowest BCUT2D eigenvalue weighted by atomic mass is 10.2. The van der Waals surface area contributed by atoms with E-state index in [1.165, 1.54) is 11.3 Å². The number of hydrogen-bond acceptors (Lipinski definition) is 8. The molecule has 0 aromatic carbocycles. The zero-order valence-corrected chi connectivity index (χ0v) is 18.2. The molecule has 0 amide bonds. The third-order valence-electron chi connectivity index (χ3n) is 5.92. The van der Waals surface area contributed by atoms with E-state index < -0.39 is 0 Å². The summed E-state index contributed by atoms with van der Waals surface area (Å²) < 4.78 is 1.66. The van der Waals surface area contributed by atoms with Crippen LogP contribution in [-0.4, -0.2) is 69.1 Å². The Balaban J connectivity index is 1.17. The van der Waals surface area contributed by atoms with Gasteiger partial charge in [-0.3, -0.25) is 9.69 Å². The van der Waals surface area contributed by atoms with Crippen LogP contribution in [0, 0.1) is 0 Å². The average molecular weight is 431 g/mol. The van der Waals surface area contributed by atoms with E-state index >= 15 is 0 Å². The minimum atomic E-state index is 0.0343. The summed E-state index contributed by atoms with van der Waals surface area (Å²) in [7, 11) is 0. The smallest absolute Gasteiger partial charge is 0.267 e. The minimum Gasteiger partial charge on any atom is -0.353 e. The Kier molecular flexibility index (Phi) is 5.78. The van der Waals surface area contributed by atoms with E-state index in [0.717, 1.165) is 85.7 Å². The molecule has 3 aliphatic heterocycles. The van der Waals surface area contributed by atoms with Crippen LogP contribution in [0.2, 0.25) is 0 Å². The summed E-state index contributed by atoms with van der Waals surface area (Å²) in [5.74, 6) is 5.24. The van der Waals surface area contributed by atoms with E-state index in [0.29, 0.717) is 6.54 Å². The number of aryl methyl sites for hydroxylation is 2. The van der Waals surface area contributed by atoms with Crippen LogP contribution < -0.4 is 10.5 Å². The van der Waals surface area contributed by atoms with Gasteiger partial charge in [0.2, 0.25) is 0 Å². The third kappa shape index (κ3) is 4.32. The Bertz CT molecular complexity index is 941. The monoisotopic (exact) mass is 430 g/mol. The lowest BCUT2D eigenvalue weighted by Crippen LogP contribution is -2.48. The molecule has 0 bridgehead atoms. The summed E-state index contributed by atoms with van der Waals surface area (Å²) in [6.45, 7) is 5.37. The van der Waals surface area contributed by atoms with Crippen LogP contribution in [-0.2, 0) is 30.9 Å². The highest BCUT2D eigenvalue weighted by Crippen LogP contribution is 2.25. The number of fused-ring (bicyclic) bond motifs is 2. The first-order valence-electron chi connectivity index (χ1n) is 10.3. The van der Waals surface area contributed by atoms with Crippen molar-refractivity contribution >= 4 is 29.3 Å². The molecule has 5 rings (SSSR count). The molecule has 1 fully saturated rings. The molecule has 0 spiro atoms. The summed E-state index contributed by atoms with van der Waals surface area (Å²) in [6, 6.07) is 4.03. The molecule has 9 heteroatoms. The Morgan fingerprint density at radius 3 is 2.38 bits per heavy atom. The first-order chi connectivity index (χ1) is 14.3. The third-order valence-corrected chi connectivity index (χ3v) is 7.93. The largest absolute Gasteiger partial charge is 0.353 e. The van der Waals surface area contributed by atoms with Crippen LogP contribution in [0.5, 0.6) is 0 Å². The van der Waals surface area contributed by atoms with Gasteiger partial charge in [0.05, 0.1) is 17.9 Å². The molecule has 0 unspecified atom stereocenters. The van der Waals surface area contributed by atoms with Crippen molar-refractivity contribution in [2.45, 2.75) is 30.9 Å². The molecule has 0 aliphatic carbocycles. The lowest BCUT2D eigenvalue weighted by Gasteiger charge is -2.35. The number of aromatic nitrogens is 4. The zero-order valence-electron chi connectivity index (χ0n) is 16.5. The van der Waals surface area contributed by atoms with E-state index in [-0.39, 0.29) is 5.56 Å². The van der Waals surface area contributed by atoms with Crippen molar-refractivity contribution in [1.29, 1.82) is 0 Å². The Morgan fingerprint density at radius 1 is 0.862 bits per heavy atom. The number of hydrogen-bond donors (Lipinski definition) is 0. The van der Waals surface area contributed by atoms with Gasteiger partial charge in [0.25, 0.3) is 5.56 Å². The predicted octanol–water partition coefficient (Wildman–Crippen LogP) is 1.43. The maximum absolute atomic E-state index is 12.4. The van der Waals surface area contributed by atoms with E-state index in [1.54, 1.807) is 10.7 Å². The fraction of sp³-hybridized carbons (Fsp3) is 0.600. The molecule has 5 heterocycles. The van der Waals surface area contributed by atoms with Crippen molar-refractivity contribution in [2.75, 3.05) is 49.1 Å². The maximum atomic E-state index is 12.4. The summed E-state index contributed by atoms with van der Waals surface area (Å²) in [5.41, 5.74) is 4.79. The van der Waals surface area contributed by atoms with E-state index in [2.05, 4.69) is 31.2 Å². The second-order valence-corrected chi connectivity index (χ2v) is 10.00. The van der Waals surface area contributed by atoms with Crippen LogP contribution in [0.4, 0.5) is 5.82 Å². The second-order valence-electron chi connectivity index (χ2n) is 7.79. The summed E-state index contributed by atoms with van der Waals surface area (Å²) in [6.07, 6.45) is 2.01. The molecule has 3 aliphatic rings. The molecule has 29 heavy (non-hydrogen) atoms. The van der Waals surface area contributed by atoms with Gasteiger partial charge in [0.15, 0.2) is 5.82 Å². The molecule has 0 radical (unpaired) electrons. The van der Waals surface area contributed by atoms with Gasteiger partial charge in [0, 0.05) is 63.1 Å². The summed E-state index contributed by atoms with van der Waals surface area (Å²) in [4.78, 5) is 17.1. The fourth-order valence-corrected chi connectivity index (χ4v) is 6.04. The number of piperazine rings is 1. The Labute approximate surface area is 179 Å². The van der Waals surface area contributed by atoms with Crippen molar-refractivity contribution in [3.8, 4) is 0 Å². The lowest BCUT2D eigenvalue weighted by molar-refractivity contribution is 0.241. The van der Waals surface area contributed by atoms with Gasteiger partial charge in [0.1, 0.15) is 0 Å². The van der Waals surface area contributed by atoms with E-state index in [4.69, 9.17) is 0 Å². The molecule has 0 saturated carbocycles. The van der Waals surface area contributed by atoms with E-state index in [1.807, 2.05) is 23.5 Å². The second kappa shape index (κ2) is 8.65. The molecule has 7 nitrogen and oxygen atoms in total.